The quantitative estimate of drug-likeness (QED) is 0.583. The van der Waals surface area contributed by atoms with Gasteiger partial charge in [-0.15, -0.1) is 0 Å². The lowest BCUT2D eigenvalue weighted by Crippen LogP contribution is -2.30. The molecule has 1 fully saturated rings. The fourth-order valence-electron chi connectivity index (χ4n) is 3.10. The average molecular weight is 365 g/mol. The number of rotatable bonds is 7. The summed E-state index contributed by atoms with van der Waals surface area (Å²) in [6.45, 7) is 5.16. The van der Waals surface area contributed by atoms with Crippen molar-refractivity contribution in [1.29, 1.82) is 0 Å². The van der Waals surface area contributed by atoms with Crippen LogP contribution in [0.25, 0.3) is 6.08 Å². The lowest BCUT2D eigenvalue weighted by atomic mass is 10.1. The fourth-order valence-corrected chi connectivity index (χ4v) is 3.10. The summed E-state index contributed by atoms with van der Waals surface area (Å²) >= 11 is 0. The van der Waals surface area contributed by atoms with Gasteiger partial charge in [0.15, 0.2) is 0 Å². The molecule has 2 N–H and O–H groups in total. The molecule has 1 aliphatic heterocycles. The summed E-state index contributed by atoms with van der Waals surface area (Å²) in [4.78, 5) is 23.2. The number of aromatic nitrogens is 2. The lowest BCUT2D eigenvalue weighted by Gasteiger charge is -2.28. The van der Waals surface area contributed by atoms with Crippen LogP contribution in [0.3, 0.4) is 0 Å². The molecule has 0 bridgehead atoms. The van der Waals surface area contributed by atoms with E-state index in [4.69, 9.17) is 0 Å². The van der Waals surface area contributed by atoms with Gasteiger partial charge in [0.2, 0.25) is 5.91 Å². The van der Waals surface area contributed by atoms with Gasteiger partial charge in [-0.25, -0.2) is 9.97 Å². The number of hydrogen-bond acceptors (Lipinski definition) is 5. The van der Waals surface area contributed by atoms with E-state index in [2.05, 4.69) is 25.5 Å². The van der Waals surface area contributed by atoms with E-state index in [9.17, 15) is 4.79 Å². The smallest absolute Gasteiger partial charge is 0.244 e. The summed E-state index contributed by atoms with van der Waals surface area (Å²) in [6, 6.07) is 11.8. The van der Waals surface area contributed by atoms with Crippen LogP contribution in [0.1, 0.15) is 30.7 Å². The number of anilines is 2. The highest BCUT2D eigenvalue weighted by molar-refractivity contribution is 5.91. The molecular formula is C21H27N5O. The third kappa shape index (κ3) is 6.09. The Morgan fingerprint density at radius 2 is 1.89 bits per heavy atom. The molecule has 6 nitrogen and oxygen atoms in total. The lowest BCUT2D eigenvalue weighted by molar-refractivity contribution is -0.116. The van der Waals surface area contributed by atoms with Crippen molar-refractivity contribution < 1.29 is 4.79 Å². The molecule has 1 amide bonds. The summed E-state index contributed by atoms with van der Waals surface area (Å²) in [7, 11) is 0. The van der Waals surface area contributed by atoms with Gasteiger partial charge < -0.3 is 15.5 Å². The molecule has 0 spiro atoms. The van der Waals surface area contributed by atoms with Crippen LogP contribution < -0.4 is 15.5 Å². The minimum atomic E-state index is -0.103. The van der Waals surface area contributed by atoms with Gasteiger partial charge in [0, 0.05) is 38.3 Å². The number of benzene rings is 1. The Labute approximate surface area is 160 Å². The van der Waals surface area contributed by atoms with Crippen molar-refractivity contribution in [2.24, 2.45) is 0 Å². The van der Waals surface area contributed by atoms with Crippen LogP contribution in [0.2, 0.25) is 0 Å². The Bertz CT molecular complexity index is 769. The molecule has 1 aromatic heterocycles. The van der Waals surface area contributed by atoms with Crippen LogP contribution in [0.15, 0.2) is 42.5 Å². The monoisotopic (exact) mass is 365 g/mol. The molecule has 6 heteroatoms. The largest absolute Gasteiger partial charge is 0.368 e. The van der Waals surface area contributed by atoms with Crippen molar-refractivity contribution >= 4 is 23.6 Å². The van der Waals surface area contributed by atoms with Crippen molar-refractivity contribution in [3.05, 3.63) is 53.9 Å². The van der Waals surface area contributed by atoms with E-state index in [-0.39, 0.29) is 5.91 Å². The zero-order valence-corrected chi connectivity index (χ0v) is 15.8. The molecule has 3 rings (SSSR count). The fraction of sp³-hybridized carbons (Fsp3) is 0.381. The van der Waals surface area contributed by atoms with Crippen molar-refractivity contribution in [2.75, 3.05) is 36.4 Å². The van der Waals surface area contributed by atoms with E-state index in [0.29, 0.717) is 13.1 Å². The molecule has 1 saturated heterocycles. The maximum absolute atomic E-state index is 11.9. The van der Waals surface area contributed by atoms with Gasteiger partial charge in [-0.1, -0.05) is 30.3 Å². The van der Waals surface area contributed by atoms with Crippen LogP contribution in [-0.2, 0) is 4.79 Å². The molecule has 1 aliphatic rings. The summed E-state index contributed by atoms with van der Waals surface area (Å²) in [5.74, 6) is 2.45. The first-order valence-corrected chi connectivity index (χ1v) is 9.56. The van der Waals surface area contributed by atoms with Crippen LogP contribution in [0.5, 0.6) is 0 Å². The van der Waals surface area contributed by atoms with E-state index < -0.39 is 0 Å². The van der Waals surface area contributed by atoms with Crippen molar-refractivity contribution in [2.45, 2.75) is 26.2 Å². The number of carbonyl (C=O) groups excluding carboxylic acids is 1. The second kappa shape index (κ2) is 9.71. The Balaban J connectivity index is 1.45. The zero-order chi connectivity index (χ0) is 18.9. The molecule has 2 aromatic rings. The van der Waals surface area contributed by atoms with Gasteiger partial charge in [-0.05, 0) is 37.8 Å². The third-order valence-corrected chi connectivity index (χ3v) is 4.46. The molecule has 0 unspecified atom stereocenters. The van der Waals surface area contributed by atoms with Gasteiger partial charge in [-0.2, -0.15) is 0 Å². The van der Waals surface area contributed by atoms with E-state index in [1.54, 1.807) is 12.2 Å². The number of nitrogens with one attached hydrogen (secondary N) is 2. The summed E-state index contributed by atoms with van der Waals surface area (Å²) < 4.78 is 0. The molecule has 0 aliphatic carbocycles. The summed E-state index contributed by atoms with van der Waals surface area (Å²) in [5.41, 5.74) is 1.01. The minimum absolute atomic E-state index is 0.103. The first-order valence-electron chi connectivity index (χ1n) is 9.56. The topological polar surface area (TPSA) is 70.2 Å². The second-order valence-electron chi connectivity index (χ2n) is 6.67. The molecular weight excluding hydrogens is 338 g/mol. The Morgan fingerprint density at radius 1 is 1.11 bits per heavy atom. The van der Waals surface area contributed by atoms with E-state index in [1.165, 1.54) is 19.3 Å². The van der Waals surface area contributed by atoms with Crippen molar-refractivity contribution in [3.63, 3.8) is 0 Å². The minimum Gasteiger partial charge on any atom is -0.368 e. The predicted octanol–water partition coefficient (Wildman–Crippen LogP) is 3.02. The molecule has 142 valence electrons. The highest BCUT2D eigenvalue weighted by Crippen LogP contribution is 2.20. The number of amides is 1. The Hall–Kier alpha value is -2.89. The molecule has 1 aromatic carbocycles. The standard InChI is InChI=1S/C21H27N5O/c1-17-24-19(16-20(25-17)26-14-6-3-7-15-26)22-12-13-23-21(27)11-10-18-8-4-2-5-9-18/h2,4-5,8-11,16H,3,6-7,12-15H2,1H3,(H,23,27)(H,22,24,25)/b11-10+. The second-order valence-corrected chi connectivity index (χ2v) is 6.67. The van der Waals surface area contributed by atoms with Gasteiger partial charge in [-0.3, -0.25) is 4.79 Å². The number of hydrogen-bond donors (Lipinski definition) is 2. The predicted molar refractivity (Wildman–Crippen MR) is 110 cm³/mol. The molecule has 2 heterocycles. The van der Waals surface area contributed by atoms with Crippen LogP contribution in [-0.4, -0.2) is 42.1 Å². The number of carbonyl (C=O) groups is 1. The molecule has 0 atom stereocenters. The van der Waals surface area contributed by atoms with Crippen molar-refractivity contribution in [3.8, 4) is 0 Å². The average Bonchev–Trinajstić information content (AvgIpc) is 2.71. The van der Waals surface area contributed by atoms with Gasteiger partial charge in [0.05, 0.1) is 0 Å². The maximum atomic E-state index is 11.9. The maximum Gasteiger partial charge on any atom is 0.244 e. The Morgan fingerprint density at radius 3 is 2.67 bits per heavy atom. The van der Waals surface area contributed by atoms with Crippen LogP contribution in [0.4, 0.5) is 11.6 Å². The normalized spacial score (nSPS) is 14.3. The van der Waals surface area contributed by atoms with Crippen molar-refractivity contribution in [1.82, 2.24) is 15.3 Å². The highest BCUT2D eigenvalue weighted by Gasteiger charge is 2.13. The van der Waals surface area contributed by atoms with Crippen LogP contribution >= 0.6 is 0 Å². The summed E-state index contributed by atoms with van der Waals surface area (Å²) in [5, 5.41) is 6.15. The molecule has 0 saturated carbocycles. The third-order valence-electron chi connectivity index (χ3n) is 4.46. The van der Waals surface area contributed by atoms with Crippen LogP contribution in [0, 0.1) is 6.92 Å². The Kier molecular flexibility index (Phi) is 6.79. The number of nitrogens with zero attached hydrogens (tertiary/aromatic N) is 3. The number of piperidine rings is 1. The highest BCUT2D eigenvalue weighted by atomic mass is 16.1. The summed E-state index contributed by atoms with van der Waals surface area (Å²) in [6.07, 6.45) is 7.09. The van der Waals surface area contributed by atoms with Gasteiger partial charge in [0.25, 0.3) is 0 Å². The first-order chi connectivity index (χ1) is 13.2. The van der Waals surface area contributed by atoms with E-state index in [1.807, 2.05) is 43.3 Å². The molecule has 27 heavy (non-hydrogen) atoms. The van der Waals surface area contributed by atoms with Gasteiger partial charge >= 0.3 is 0 Å². The molecule has 0 radical (unpaired) electrons. The zero-order valence-electron chi connectivity index (χ0n) is 15.8. The SMILES string of the molecule is Cc1nc(NCCNC(=O)/C=C/c2ccccc2)cc(N2CCCCC2)n1. The van der Waals surface area contributed by atoms with E-state index >= 15 is 0 Å². The van der Waals surface area contributed by atoms with Gasteiger partial charge in [0.1, 0.15) is 17.5 Å². The van der Waals surface area contributed by atoms with E-state index in [0.717, 1.165) is 36.1 Å². The first kappa shape index (κ1) is 18.9. The number of aryl methyl sites for hydroxylation is 1.